The number of rotatable bonds is 8. The maximum absolute atomic E-state index is 12.4. The molecule has 5 nitrogen and oxygen atoms in total. The van der Waals surface area contributed by atoms with Gasteiger partial charge in [-0.3, -0.25) is 0 Å². The van der Waals surface area contributed by atoms with Crippen LogP contribution in [-0.2, 0) is 16.1 Å². The van der Waals surface area contributed by atoms with Crippen LogP contribution in [0.2, 0.25) is 5.02 Å². The molecule has 0 aliphatic carbocycles. The summed E-state index contributed by atoms with van der Waals surface area (Å²) >= 11 is 5.82. The number of halogens is 3. The molecule has 0 amide bonds. The normalized spacial score (nSPS) is 10.4. The minimum atomic E-state index is -2.99. The molecule has 0 aromatic heterocycles. The Kier molecular flexibility index (Phi) is 6.82. The van der Waals surface area contributed by atoms with Crippen molar-refractivity contribution in [2.24, 2.45) is 0 Å². The van der Waals surface area contributed by atoms with Gasteiger partial charge >= 0.3 is 12.6 Å². The molecule has 134 valence electrons. The molecule has 0 unspecified atom stereocenters. The van der Waals surface area contributed by atoms with Gasteiger partial charge in [0.15, 0.2) is 6.61 Å². The second-order valence-electron chi connectivity index (χ2n) is 4.76. The first kappa shape index (κ1) is 18.8. The number of ether oxygens (including phenoxy) is 4. The van der Waals surface area contributed by atoms with E-state index in [1.807, 2.05) is 0 Å². The molecule has 0 fully saturated rings. The number of benzene rings is 2. The van der Waals surface area contributed by atoms with Gasteiger partial charge in [-0.05, 0) is 42.5 Å². The molecule has 0 bridgehead atoms. The molecule has 0 aliphatic heterocycles. The van der Waals surface area contributed by atoms with Crippen LogP contribution < -0.4 is 14.2 Å². The second-order valence-corrected chi connectivity index (χ2v) is 5.19. The Hall–Kier alpha value is -2.54. The smallest absolute Gasteiger partial charge is 0.387 e. The molecule has 8 heteroatoms. The number of carbonyl (C=O) groups excluding carboxylic acids is 1. The summed E-state index contributed by atoms with van der Waals surface area (Å²) in [6.45, 7) is -3.60. The van der Waals surface area contributed by atoms with Gasteiger partial charge in [-0.15, -0.1) is 0 Å². The molecule has 2 aromatic rings. The lowest BCUT2D eigenvalue weighted by atomic mass is 10.2. The van der Waals surface area contributed by atoms with Crippen LogP contribution in [0.15, 0.2) is 42.5 Å². The van der Waals surface area contributed by atoms with E-state index in [0.717, 1.165) is 0 Å². The fourth-order valence-electron chi connectivity index (χ4n) is 1.89. The molecule has 0 saturated carbocycles. The predicted octanol–water partition coefficient (Wildman–Crippen LogP) is 4.07. The van der Waals surface area contributed by atoms with Crippen LogP contribution in [0, 0.1) is 0 Å². The lowest BCUT2D eigenvalue weighted by molar-refractivity contribution is -0.147. The number of carbonyl (C=O) groups is 1. The third kappa shape index (κ3) is 6.11. The average molecular weight is 373 g/mol. The number of alkyl halides is 2. The van der Waals surface area contributed by atoms with E-state index in [1.165, 1.54) is 25.3 Å². The fraction of sp³-hybridized carbons (Fsp3) is 0.235. The van der Waals surface area contributed by atoms with E-state index >= 15 is 0 Å². The van der Waals surface area contributed by atoms with Crippen LogP contribution in [0.25, 0.3) is 0 Å². The van der Waals surface area contributed by atoms with Crippen molar-refractivity contribution in [3.8, 4) is 17.2 Å². The number of hydrogen-bond acceptors (Lipinski definition) is 5. The van der Waals surface area contributed by atoms with Crippen molar-refractivity contribution < 1.29 is 32.5 Å². The van der Waals surface area contributed by atoms with E-state index in [2.05, 4.69) is 4.74 Å². The monoisotopic (exact) mass is 372 g/mol. The molecule has 0 aliphatic rings. The first-order chi connectivity index (χ1) is 12.0. The van der Waals surface area contributed by atoms with Crippen LogP contribution in [0.1, 0.15) is 5.56 Å². The molecule has 0 N–H and O–H groups in total. The van der Waals surface area contributed by atoms with Crippen LogP contribution in [0.4, 0.5) is 8.78 Å². The highest BCUT2D eigenvalue weighted by atomic mass is 35.5. The third-order valence-corrected chi connectivity index (χ3v) is 3.28. The van der Waals surface area contributed by atoms with Gasteiger partial charge in [-0.25, -0.2) is 4.79 Å². The lowest BCUT2D eigenvalue weighted by Gasteiger charge is -2.12. The van der Waals surface area contributed by atoms with E-state index in [4.69, 9.17) is 25.8 Å². The van der Waals surface area contributed by atoms with Crippen molar-refractivity contribution in [1.29, 1.82) is 0 Å². The molecular weight excluding hydrogens is 358 g/mol. The summed E-state index contributed by atoms with van der Waals surface area (Å²) in [5.74, 6) is 0.340. The number of methoxy groups -OCH3 is 1. The predicted molar refractivity (Wildman–Crippen MR) is 86.4 cm³/mol. The van der Waals surface area contributed by atoms with Crippen LogP contribution in [0.5, 0.6) is 17.2 Å². The van der Waals surface area contributed by atoms with Gasteiger partial charge in [-0.2, -0.15) is 8.78 Å². The summed E-state index contributed by atoms with van der Waals surface area (Å²) in [6.07, 6.45) is 0. The highest BCUT2D eigenvalue weighted by Crippen LogP contribution is 2.25. The summed E-state index contributed by atoms with van der Waals surface area (Å²) < 4.78 is 44.4. The van der Waals surface area contributed by atoms with Crippen molar-refractivity contribution >= 4 is 17.6 Å². The molecule has 0 radical (unpaired) electrons. The van der Waals surface area contributed by atoms with Gasteiger partial charge in [0.25, 0.3) is 0 Å². The van der Waals surface area contributed by atoms with Gasteiger partial charge in [0.2, 0.25) is 0 Å². The van der Waals surface area contributed by atoms with Gasteiger partial charge in [0, 0.05) is 10.6 Å². The third-order valence-electron chi connectivity index (χ3n) is 3.04. The largest absolute Gasteiger partial charge is 0.497 e. The molecule has 25 heavy (non-hydrogen) atoms. The Morgan fingerprint density at radius 3 is 2.44 bits per heavy atom. The van der Waals surface area contributed by atoms with Crippen LogP contribution >= 0.6 is 11.6 Å². The number of hydrogen-bond donors (Lipinski definition) is 0. The zero-order chi connectivity index (χ0) is 18.2. The Balaban J connectivity index is 1.87. The van der Waals surface area contributed by atoms with E-state index in [9.17, 15) is 13.6 Å². The highest BCUT2D eigenvalue weighted by molar-refractivity contribution is 6.30. The molecule has 2 aromatic carbocycles. The van der Waals surface area contributed by atoms with Gasteiger partial charge < -0.3 is 18.9 Å². The lowest BCUT2D eigenvalue weighted by Crippen LogP contribution is -2.15. The average Bonchev–Trinajstić information content (AvgIpc) is 2.60. The van der Waals surface area contributed by atoms with Crippen LogP contribution in [-0.4, -0.2) is 26.3 Å². The van der Waals surface area contributed by atoms with Crippen molar-refractivity contribution in [1.82, 2.24) is 0 Å². The standard InChI is InChI=1S/C17H15ClF2O5/c1-22-13-3-5-14(6-4-13)23-10-16(21)24-9-11-8-12(18)2-7-15(11)25-17(19)20/h2-8,17H,9-10H2,1H3. The molecule has 0 atom stereocenters. The molecule has 0 spiro atoms. The van der Waals surface area contributed by atoms with Crippen molar-refractivity contribution in [2.75, 3.05) is 13.7 Å². The first-order valence-corrected chi connectivity index (χ1v) is 7.51. The summed E-state index contributed by atoms with van der Waals surface area (Å²) in [5.41, 5.74) is 0.227. The van der Waals surface area contributed by atoms with Crippen molar-refractivity contribution in [2.45, 2.75) is 13.2 Å². The molecule has 0 saturated heterocycles. The Morgan fingerprint density at radius 1 is 1.12 bits per heavy atom. The van der Waals surface area contributed by atoms with Gasteiger partial charge in [0.05, 0.1) is 7.11 Å². The van der Waals surface area contributed by atoms with E-state index in [0.29, 0.717) is 16.5 Å². The minimum absolute atomic E-state index is 0.108. The summed E-state index contributed by atoms with van der Waals surface area (Å²) in [7, 11) is 1.54. The first-order valence-electron chi connectivity index (χ1n) is 7.13. The topological polar surface area (TPSA) is 54.0 Å². The maximum Gasteiger partial charge on any atom is 0.387 e. The summed E-state index contributed by atoms with van der Waals surface area (Å²) in [5, 5.41) is 0.308. The highest BCUT2D eigenvalue weighted by Gasteiger charge is 2.13. The quantitative estimate of drug-likeness (QED) is 0.654. The zero-order valence-corrected chi connectivity index (χ0v) is 14.0. The van der Waals surface area contributed by atoms with E-state index in [-0.39, 0.29) is 24.5 Å². The van der Waals surface area contributed by atoms with Gasteiger partial charge in [0.1, 0.15) is 23.9 Å². The van der Waals surface area contributed by atoms with Crippen molar-refractivity contribution in [3.05, 3.63) is 53.1 Å². The number of esters is 1. The molecular formula is C17H15ClF2O5. The fourth-order valence-corrected chi connectivity index (χ4v) is 2.08. The summed E-state index contributed by atoms with van der Waals surface area (Å²) in [4.78, 5) is 11.7. The van der Waals surface area contributed by atoms with Crippen molar-refractivity contribution in [3.63, 3.8) is 0 Å². The Labute approximate surface area is 148 Å². The SMILES string of the molecule is COc1ccc(OCC(=O)OCc2cc(Cl)ccc2OC(F)F)cc1. The van der Waals surface area contributed by atoms with E-state index < -0.39 is 12.6 Å². The Bertz CT molecular complexity index is 707. The molecule has 0 heterocycles. The van der Waals surface area contributed by atoms with E-state index in [1.54, 1.807) is 24.3 Å². The summed E-state index contributed by atoms with van der Waals surface area (Å²) in [6, 6.07) is 10.7. The maximum atomic E-state index is 12.4. The second kappa shape index (κ2) is 9.08. The molecule has 2 rings (SSSR count). The minimum Gasteiger partial charge on any atom is -0.497 e. The zero-order valence-electron chi connectivity index (χ0n) is 13.2. The van der Waals surface area contributed by atoms with Gasteiger partial charge in [-0.1, -0.05) is 11.6 Å². The Morgan fingerprint density at radius 2 is 1.80 bits per heavy atom. The van der Waals surface area contributed by atoms with Crippen LogP contribution in [0.3, 0.4) is 0 Å².